The number of aliphatic imine (C=N–C) groups is 1. The van der Waals surface area contributed by atoms with Gasteiger partial charge in [-0.3, -0.25) is 4.99 Å². The number of hydrogen-bond acceptors (Lipinski definition) is 3. The average molecular weight is 396 g/mol. The number of alkyl carbamates (subject to hydrolysis) is 1. The number of ether oxygens (including phenoxy) is 1. The van der Waals surface area contributed by atoms with E-state index in [-0.39, 0.29) is 24.6 Å². The number of halogens is 2. The molecule has 1 amide bonds. The summed E-state index contributed by atoms with van der Waals surface area (Å²) in [5.41, 5.74) is -0.492. The smallest absolute Gasteiger partial charge is 0.407 e. The summed E-state index contributed by atoms with van der Waals surface area (Å²) in [6.07, 6.45) is 0.517. The topological polar surface area (TPSA) is 66.0 Å². The Hall–Kier alpha value is -2.38. The van der Waals surface area contributed by atoms with Crippen LogP contribution in [-0.2, 0) is 11.2 Å². The zero-order valence-corrected chi connectivity index (χ0v) is 17.0. The Morgan fingerprint density at radius 1 is 1.32 bits per heavy atom. The monoisotopic (exact) mass is 396 g/mol. The van der Waals surface area contributed by atoms with Crippen molar-refractivity contribution >= 4 is 12.1 Å². The number of carbonyl (C=O) groups excluding carboxylic acids is 1. The highest BCUT2D eigenvalue weighted by Gasteiger charge is 2.27. The van der Waals surface area contributed by atoms with Crippen LogP contribution in [0.25, 0.3) is 0 Å². The summed E-state index contributed by atoms with van der Waals surface area (Å²) >= 11 is 0. The van der Waals surface area contributed by atoms with Crippen LogP contribution in [-0.4, -0.2) is 54.8 Å². The van der Waals surface area contributed by atoms with Crippen molar-refractivity contribution in [1.29, 1.82) is 0 Å². The molecule has 156 valence electrons. The first kappa shape index (κ1) is 21.9. The van der Waals surface area contributed by atoms with E-state index in [1.54, 1.807) is 0 Å². The standard InChI is InChI=1S/C20H30F2N4O2/c1-5-23-18(24-11-9-15-16(21)7-6-8-17(15)22)26-12-10-14(13-26)25-19(27)28-20(2,3)4/h6-8,14H,5,9-13H2,1-4H3,(H,23,24)(H,25,27). The normalized spacial score (nSPS) is 17.6. The molecule has 0 aromatic heterocycles. The van der Waals surface area contributed by atoms with Gasteiger partial charge in [0.25, 0.3) is 0 Å². The van der Waals surface area contributed by atoms with E-state index < -0.39 is 23.3 Å². The number of nitrogens with one attached hydrogen (secondary N) is 2. The molecule has 0 aliphatic carbocycles. The fraction of sp³-hybridized carbons (Fsp3) is 0.600. The van der Waals surface area contributed by atoms with Crippen LogP contribution >= 0.6 is 0 Å². The maximum Gasteiger partial charge on any atom is 0.407 e. The van der Waals surface area contributed by atoms with Gasteiger partial charge in [0.15, 0.2) is 5.96 Å². The van der Waals surface area contributed by atoms with Gasteiger partial charge in [0, 0.05) is 31.7 Å². The molecule has 0 bridgehead atoms. The number of likely N-dealkylation sites (tertiary alicyclic amines) is 1. The van der Waals surface area contributed by atoms with Gasteiger partial charge in [-0.1, -0.05) is 6.07 Å². The molecule has 6 nitrogen and oxygen atoms in total. The molecular formula is C20H30F2N4O2. The first-order valence-electron chi connectivity index (χ1n) is 9.65. The number of rotatable bonds is 5. The Balaban J connectivity index is 1.93. The Kier molecular flexibility index (Phi) is 7.60. The molecule has 8 heteroatoms. The zero-order valence-electron chi connectivity index (χ0n) is 17.0. The maximum absolute atomic E-state index is 13.7. The van der Waals surface area contributed by atoms with Crippen molar-refractivity contribution in [1.82, 2.24) is 15.5 Å². The number of amides is 1. The van der Waals surface area contributed by atoms with Crippen molar-refractivity contribution in [3.63, 3.8) is 0 Å². The Morgan fingerprint density at radius 3 is 2.61 bits per heavy atom. The van der Waals surface area contributed by atoms with E-state index in [4.69, 9.17) is 4.74 Å². The quantitative estimate of drug-likeness (QED) is 0.593. The minimum absolute atomic E-state index is 0.0391. The molecule has 1 unspecified atom stereocenters. The molecule has 28 heavy (non-hydrogen) atoms. The molecule has 1 fully saturated rings. The summed E-state index contributed by atoms with van der Waals surface area (Å²) in [5.74, 6) is -0.432. The van der Waals surface area contributed by atoms with Crippen molar-refractivity contribution in [3.05, 3.63) is 35.4 Å². The number of nitrogens with zero attached hydrogens (tertiary/aromatic N) is 2. The summed E-state index contributed by atoms with van der Waals surface area (Å²) in [6, 6.07) is 3.81. The lowest BCUT2D eigenvalue weighted by Crippen LogP contribution is -2.44. The van der Waals surface area contributed by atoms with Gasteiger partial charge in [-0.2, -0.15) is 0 Å². The van der Waals surface area contributed by atoms with Crippen LogP contribution in [0.5, 0.6) is 0 Å². The van der Waals surface area contributed by atoms with Crippen LogP contribution in [0.4, 0.5) is 13.6 Å². The molecule has 0 spiro atoms. The molecule has 1 aromatic carbocycles. The minimum atomic E-state index is -0.553. The molecule has 0 saturated carbocycles. The first-order valence-corrected chi connectivity index (χ1v) is 9.65. The summed E-state index contributed by atoms with van der Waals surface area (Å²) < 4.78 is 32.8. The van der Waals surface area contributed by atoms with Crippen LogP contribution in [0.3, 0.4) is 0 Å². The van der Waals surface area contributed by atoms with Crippen molar-refractivity contribution < 1.29 is 18.3 Å². The second-order valence-electron chi connectivity index (χ2n) is 7.76. The molecule has 1 aliphatic heterocycles. The first-order chi connectivity index (χ1) is 13.2. The number of hydrogen-bond donors (Lipinski definition) is 2. The average Bonchev–Trinajstić information content (AvgIpc) is 3.03. The third-order valence-corrected chi connectivity index (χ3v) is 4.23. The molecule has 1 aliphatic rings. The van der Waals surface area contributed by atoms with Gasteiger partial charge in [0.05, 0.1) is 6.04 Å². The second-order valence-corrected chi connectivity index (χ2v) is 7.76. The predicted molar refractivity (Wildman–Crippen MR) is 105 cm³/mol. The summed E-state index contributed by atoms with van der Waals surface area (Å²) in [5, 5.41) is 6.07. The van der Waals surface area contributed by atoms with Crippen LogP contribution in [0.2, 0.25) is 0 Å². The van der Waals surface area contributed by atoms with Crippen LogP contribution < -0.4 is 10.6 Å². The molecule has 1 saturated heterocycles. The highest BCUT2D eigenvalue weighted by molar-refractivity contribution is 5.80. The zero-order chi connectivity index (χ0) is 20.7. The fourth-order valence-electron chi connectivity index (χ4n) is 3.02. The summed E-state index contributed by atoms with van der Waals surface area (Å²) in [7, 11) is 0. The maximum atomic E-state index is 13.7. The van der Waals surface area contributed by atoms with Crippen LogP contribution in [0, 0.1) is 11.6 Å². The summed E-state index contributed by atoms with van der Waals surface area (Å²) in [6.45, 7) is 9.68. The lowest BCUT2D eigenvalue weighted by molar-refractivity contribution is 0.0507. The molecule has 1 aromatic rings. The van der Waals surface area contributed by atoms with Crippen molar-refractivity contribution in [2.45, 2.75) is 52.2 Å². The molecular weight excluding hydrogens is 366 g/mol. The SMILES string of the molecule is CCNC(=NCCc1c(F)cccc1F)N1CCC(NC(=O)OC(C)(C)C)C1. The molecule has 0 radical (unpaired) electrons. The van der Waals surface area contributed by atoms with Gasteiger partial charge in [-0.15, -0.1) is 0 Å². The summed E-state index contributed by atoms with van der Waals surface area (Å²) in [4.78, 5) is 18.5. The van der Waals surface area contributed by atoms with Gasteiger partial charge in [0.1, 0.15) is 17.2 Å². The Labute approximate surface area is 165 Å². The van der Waals surface area contributed by atoms with E-state index in [0.717, 1.165) is 13.0 Å². The van der Waals surface area contributed by atoms with E-state index in [0.29, 0.717) is 19.0 Å². The van der Waals surface area contributed by atoms with Crippen LogP contribution in [0.1, 0.15) is 39.7 Å². The van der Waals surface area contributed by atoms with Gasteiger partial charge in [0.2, 0.25) is 0 Å². The van der Waals surface area contributed by atoms with Crippen molar-refractivity contribution in [3.8, 4) is 0 Å². The Morgan fingerprint density at radius 2 is 2.00 bits per heavy atom. The third kappa shape index (κ3) is 6.65. The number of benzene rings is 1. The highest BCUT2D eigenvalue weighted by Crippen LogP contribution is 2.14. The molecule has 2 rings (SSSR count). The van der Waals surface area contributed by atoms with E-state index in [1.807, 2.05) is 32.6 Å². The fourth-order valence-corrected chi connectivity index (χ4v) is 3.02. The van der Waals surface area contributed by atoms with Gasteiger partial charge >= 0.3 is 6.09 Å². The Bertz CT molecular complexity index is 684. The van der Waals surface area contributed by atoms with Crippen molar-refractivity contribution in [2.24, 2.45) is 4.99 Å². The number of guanidine groups is 1. The van der Waals surface area contributed by atoms with E-state index >= 15 is 0 Å². The lowest BCUT2D eigenvalue weighted by Gasteiger charge is -2.23. The third-order valence-electron chi connectivity index (χ3n) is 4.23. The largest absolute Gasteiger partial charge is 0.444 e. The predicted octanol–water partition coefficient (Wildman–Crippen LogP) is 3.07. The number of carbonyl (C=O) groups is 1. The second kappa shape index (κ2) is 9.71. The van der Waals surface area contributed by atoms with Crippen molar-refractivity contribution in [2.75, 3.05) is 26.2 Å². The highest BCUT2D eigenvalue weighted by atomic mass is 19.1. The molecule has 2 N–H and O–H groups in total. The molecule has 1 heterocycles. The molecule has 1 atom stereocenters. The van der Waals surface area contributed by atoms with E-state index in [1.165, 1.54) is 18.2 Å². The minimum Gasteiger partial charge on any atom is -0.444 e. The van der Waals surface area contributed by atoms with Gasteiger partial charge in [-0.05, 0) is 52.7 Å². The van der Waals surface area contributed by atoms with Crippen LogP contribution in [0.15, 0.2) is 23.2 Å². The van der Waals surface area contributed by atoms with E-state index in [9.17, 15) is 13.6 Å². The van der Waals surface area contributed by atoms with Gasteiger partial charge < -0.3 is 20.3 Å². The van der Waals surface area contributed by atoms with Gasteiger partial charge in [-0.25, -0.2) is 13.6 Å². The lowest BCUT2D eigenvalue weighted by atomic mass is 10.1. The van der Waals surface area contributed by atoms with E-state index in [2.05, 4.69) is 15.6 Å².